The van der Waals surface area contributed by atoms with Gasteiger partial charge in [-0.1, -0.05) is 49.2 Å². The number of likely N-dealkylation sites (tertiary alicyclic amines) is 1. The number of nitrogens with one attached hydrogen (secondary N) is 1. The number of rotatable bonds is 5. The molecule has 3 unspecified atom stereocenters. The number of amides is 3. The van der Waals surface area contributed by atoms with Gasteiger partial charge in [-0.05, 0) is 49.4 Å². The molecule has 1 aliphatic carbocycles. The monoisotopic (exact) mass is 474 g/mol. The van der Waals surface area contributed by atoms with E-state index in [1.165, 1.54) is 5.69 Å². The van der Waals surface area contributed by atoms with E-state index in [0.29, 0.717) is 31.0 Å². The zero-order valence-corrected chi connectivity index (χ0v) is 20.1. The zero-order valence-electron chi connectivity index (χ0n) is 20.1. The summed E-state index contributed by atoms with van der Waals surface area (Å²) < 4.78 is 0. The van der Waals surface area contributed by atoms with E-state index >= 15 is 0 Å². The van der Waals surface area contributed by atoms with Crippen LogP contribution >= 0.6 is 0 Å². The molecule has 0 aromatic heterocycles. The first-order valence-corrected chi connectivity index (χ1v) is 12.8. The van der Waals surface area contributed by atoms with Crippen molar-refractivity contribution in [3.05, 3.63) is 66.2 Å². The van der Waals surface area contributed by atoms with Gasteiger partial charge in [-0.3, -0.25) is 14.4 Å². The molecule has 2 aliphatic heterocycles. The van der Waals surface area contributed by atoms with E-state index < -0.39 is 6.04 Å². The molecule has 2 heterocycles. The van der Waals surface area contributed by atoms with Crippen LogP contribution in [0.4, 0.5) is 5.69 Å². The van der Waals surface area contributed by atoms with Gasteiger partial charge in [0.25, 0.3) is 5.91 Å². The number of hydrogen-bond acceptors (Lipinski definition) is 4. The largest absolute Gasteiger partial charge is 0.368 e. The van der Waals surface area contributed by atoms with Gasteiger partial charge in [0.1, 0.15) is 6.04 Å². The molecule has 184 valence electrons. The molecular weight excluding hydrogens is 440 g/mol. The van der Waals surface area contributed by atoms with Crippen molar-refractivity contribution >= 4 is 23.4 Å². The van der Waals surface area contributed by atoms with Crippen molar-refractivity contribution in [2.75, 3.05) is 37.6 Å². The predicted octanol–water partition coefficient (Wildman–Crippen LogP) is 2.92. The lowest BCUT2D eigenvalue weighted by atomic mass is 9.84. The second kappa shape index (κ2) is 10.5. The van der Waals surface area contributed by atoms with Crippen LogP contribution in [-0.4, -0.2) is 72.3 Å². The smallest absolute Gasteiger partial charge is 0.254 e. The normalized spacial score (nSPS) is 24.1. The highest BCUT2D eigenvalue weighted by Gasteiger charge is 2.47. The molecule has 5 rings (SSSR count). The summed E-state index contributed by atoms with van der Waals surface area (Å²) in [5, 5.41) is 2.87. The highest BCUT2D eigenvalue weighted by molar-refractivity contribution is 5.98. The molecule has 1 N–H and O–H groups in total. The van der Waals surface area contributed by atoms with Gasteiger partial charge in [-0.25, -0.2) is 0 Å². The molecule has 7 nitrogen and oxygen atoms in total. The summed E-state index contributed by atoms with van der Waals surface area (Å²) in [7, 11) is 0. The number of carbonyl (C=O) groups excluding carboxylic acids is 3. The molecule has 2 aromatic carbocycles. The van der Waals surface area contributed by atoms with Crippen LogP contribution in [0.3, 0.4) is 0 Å². The average molecular weight is 475 g/mol. The molecule has 0 radical (unpaired) electrons. The molecule has 3 amide bonds. The minimum Gasteiger partial charge on any atom is -0.368 e. The van der Waals surface area contributed by atoms with Crippen molar-refractivity contribution in [3.63, 3.8) is 0 Å². The Morgan fingerprint density at radius 1 is 0.829 bits per heavy atom. The first kappa shape index (κ1) is 23.4. The summed E-state index contributed by atoms with van der Waals surface area (Å²) in [6.45, 7) is 2.79. The second-order valence-electron chi connectivity index (χ2n) is 9.86. The molecule has 3 atom stereocenters. The maximum atomic E-state index is 13.4. The quantitative estimate of drug-likeness (QED) is 0.723. The molecule has 2 aromatic rings. The second-order valence-corrected chi connectivity index (χ2v) is 9.86. The Balaban J connectivity index is 1.19. The molecule has 3 aliphatic rings. The van der Waals surface area contributed by atoms with Crippen LogP contribution < -0.4 is 10.2 Å². The number of anilines is 1. The summed E-state index contributed by atoms with van der Waals surface area (Å²) >= 11 is 0. The van der Waals surface area contributed by atoms with Gasteiger partial charge in [0.15, 0.2) is 0 Å². The molecule has 7 heteroatoms. The third kappa shape index (κ3) is 5.04. The van der Waals surface area contributed by atoms with E-state index in [0.717, 1.165) is 38.8 Å². The van der Waals surface area contributed by atoms with Gasteiger partial charge >= 0.3 is 0 Å². The Bertz CT molecular complexity index is 1040. The van der Waals surface area contributed by atoms with Crippen molar-refractivity contribution < 1.29 is 14.4 Å². The minimum absolute atomic E-state index is 0.0244. The Morgan fingerprint density at radius 3 is 2.20 bits per heavy atom. The fourth-order valence-corrected chi connectivity index (χ4v) is 5.96. The van der Waals surface area contributed by atoms with E-state index in [9.17, 15) is 14.4 Å². The van der Waals surface area contributed by atoms with E-state index in [4.69, 9.17) is 0 Å². The van der Waals surface area contributed by atoms with Crippen LogP contribution in [0.15, 0.2) is 60.7 Å². The highest BCUT2D eigenvalue weighted by Crippen LogP contribution is 2.40. The van der Waals surface area contributed by atoms with Crippen molar-refractivity contribution in [2.45, 2.75) is 44.2 Å². The van der Waals surface area contributed by atoms with Gasteiger partial charge in [-0.15, -0.1) is 0 Å². The lowest BCUT2D eigenvalue weighted by molar-refractivity contribution is -0.134. The number of hydrogen-bond donors (Lipinski definition) is 1. The molecule has 1 saturated carbocycles. The molecule has 2 saturated heterocycles. The minimum atomic E-state index is -0.515. The Hall–Kier alpha value is -3.35. The van der Waals surface area contributed by atoms with Crippen molar-refractivity contribution in [1.29, 1.82) is 0 Å². The summed E-state index contributed by atoms with van der Waals surface area (Å²) in [6.07, 6.45) is 4.91. The lowest BCUT2D eigenvalue weighted by Crippen LogP contribution is -2.53. The maximum absolute atomic E-state index is 13.4. The zero-order chi connectivity index (χ0) is 24.2. The van der Waals surface area contributed by atoms with E-state index in [1.807, 2.05) is 58.3 Å². The Morgan fingerprint density at radius 2 is 1.49 bits per heavy atom. The predicted molar refractivity (Wildman–Crippen MR) is 135 cm³/mol. The number of nitrogens with zero attached hydrogens (tertiary/aromatic N) is 3. The number of carbonyl (C=O) groups is 3. The molecule has 0 spiro atoms. The van der Waals surface area contributed by atoms with Crippen molar-refractivity contribution in [2.24, 2.45) is 5.92 Å². The van der Waals surface area contributed by atoms with Gasteiger partial charge in [0, 0.05) is 43.5 Å². The third-order valence-corrected chi connectivity index (χ3v) is 7.81. The van der Waals surface area contributed by atoms with Crippen LogP contribution in [0.2, 0.25) is 0 Å². The average Bonchev–Trinajstić information content (AvgIpc) is 3.32. The Labute approximate surface area is 207 Å². The van der Waals surface area contributed by atoms with Crippen LogP contribution in [0.1, 0.15) is 42.5 Å². The lowest BCUT2D eigenvalue weighted by Gasteiger charge is -2.36. The standard InChI is InChI=1S/C28H34N4O3/c33-26(31-17-15-30(16-18-31)23-12-5-2-6-13-23)20-29-27(34)25-19-22-11-7-8-14-24(22)32(25)28(35)21-9-3-1-4-10-21/h1-6,9-10,12-13,22,24-25H,7-8,11,14-20H2,(H,29,34). The van der Waals surface area contributed by atoms with Gasteiger partial charge in [0.2, 0.25) is 11.8 Å². The molecular formula is C28H34N4O3. The van der Waals surface area contributed by atoms with Gasteiger partial charge in [0.05, 0.1) is 6.54 Å². The fraction of sp³-hybridized carbons (Fsp3) is 0.464. The van der Waals surface area contributed by atoms with Crippen LogP contribution in [0, 0.1) is 5.92 Å². The topological polar surface area (TPSA) is 73.0 Å². The highest BCUT2D eigenvalue weighted by atomic mass is 16.2. The third-order valence-electron chi connectivity index (χ3n) is 7.81. The molecule has 0 bridgehead atoms. The van der Waals surface area contributed by atoms with E-state index in [2.05, 4.69) is 22.3 Å². The van der Waals surface area contributed by atoms with Crippen LogP contribution in [-0.2, 0) is 9.59 Å². The first-order valence-electron chi connectivity index (χ1n) is 12.8. The van der Waals surface area contributed by atoms with Gasteiger partial charge < -0.3 is 20.0 Å². The van der Waals surface area contributed by atoms with Crippen molar-refractivity contribution in [1.82, 2.24) is 15.1 Å². The fourth-order valence-electron chi connectivity index (χ4n) is 5.96. The molecule has 3 fully saturated rings. The molecule has 35 heavy (non-hydrogen) atoms. The van der Waals surface area contributed by atoms with Crippen molar-refractivity contribution in [3.8, 4) is 0 Å². The summed E-state index contributed by atoms with van der Waals surface area (Å²) in [4.78, 5) is 45.5. The Kier molecular flexibility index (Phi) is 7.02. The SMILES string of the molecule is O=C(NCC(=O)N1CCN(c2ccccc2)CC1)C1CC2CCCCC2N1C(=O)c1ccccc1. The number of piperazine rings is 1. The first-order chi connectivity index (χ1) is 17.1. The van der Waals surface area contributed by atoms with Crippen LogP contribution in [0.5, 0.6) is 0 Å². The summed E-state index contributed by atoms with van der Waals surface area (Å²) in [6, 6.07) is 19.0. The number of benzene rings is 2. The summed E-state index contributed by atoms with van der Waals surface area (Å²) in [5.74, 6) is -0.000184. The van der Waals surface area contributed by atoms with E-state index in [1.54, 1.807) is 0 Å². The van der Waals surface area contributed by atoms with Crippen LogP contribution in [0.25, 0.3) is 0 Å². The maximum Gasteiger partial charge on any atom is 0.254 e. The number of para-hydroxylation sites is 1. The van der Waals surface area contributed by atoms with E-state index in [-0.39, 0.29) is 30.3 Å². The number of fused-ring (bicyclic) bond motifs is 1. The summed E-state index contributed by atoms with van der Waals surface area (Å²) in [5.41, 5.74) is 1.78. The van der Waals surface area contributed by atoms with Gasteiger partial charge in [-0.2, -0.15) is 0 Å².